The monoisotopic (exact) mass is 472 g/mol. The third-order valence-electron chi connectivity index (χ3n) is 6.33. The lowest BCUT2D eigenvalue weighted by Crippen LogP contribution is -2.42. The van der Waals surface area contributed by atoms with Gasteiger partial charge in [0.1, 0.15) is 0 Å². The van der Waals surface area contributed by atoms with Crippen LogP contribution in [0.1, 0.15) is 18.9 Å². The summed E-state index contributed by atoms with van der Waals surface area (Å²) in [5.41, 5.74) is 2.22. The van der Waals surface area contributed by atoms with Crippen LogP contribution in [0.2, 0.25) is 0 Å². The number of hydrogen-bond acceptors (Lipinski definition) is 6. The second-order valence-corrected chi connectivity index (χ2v) is 10.6. The molecule has 4 rings (SSSR count). The molecule has 0 aliphatic carbocycles. The molecule has 0 unspecified atom stereocenters. The second kappa shape index (κ2) is 10.2. The minimum Gasteiger partial charge on any atom is -0.381 e. The molecule has 9 heteroatoms. The number of nitrogens with one attached hydrogen (secondary N) is 2. The minimum atomic E-state index is -3.64. The van der Waals surface area contributed by atoms with Crippen molar-refractivity contribution in [3.8, 4) is 0 Å². The van der Waals surface area contributed by atoms with E-state index < -0.39 is 10.0 Å². The summed E-state index contributed by atoms with van der Waals surface area (Å²) in [6.07, 6.45) is 0.957. The first-order valence-corrected chi connectivity index (χ1v) is 12.8. The summed E-state index contributed by atoms with van der Waals surface area (Å²) in [6.45, 7) is 6.71. The zero-order valence-electron chi connectivity index (χ0n) is 19.2. The number of nitrogens with zero attached hydrogens (tertiary/aromatic N) is 2. The van der Waals surface area contributed by atoms with Crippen molar-refractivity contribution in [1.29, 1.82) is 0 Å². The highest BCUT2D eigenvalue weighted by molar-refractivity contribution is 7.89. The summed E-state index contributed by atoms with van der Waals surface area (Å²) in [5.74, 6) is -0.145. The lowest BCUT2D eigenvalue weighted by Gasteiger charge is -2.27. The summed E-state index contributed by atoms with van der Waals surface area (Å²) in [6, 6.07) is 15.1. The van der Waals surface area contributed by atoms with Crippen molar-refractivity contribution in [3.05, 3.63) is 54.1 Å². The number of likely N-dealkylation sites (tertiary alicyclic amines) is 1. The molecule has 2 atom stereocenters. The molecule has 0 saturated carbocycles. The molecule has 0 radical (unpaired) electrons. The number of para-hydroxylation sites is 1. The molecular formula is C24H32N4O4S. The van der Waals surface area contributed by atoms with Gasteiger partial charge in [0.2, 0.25) is 15.9 Å². The zero-order chi connectivity index (χ0) is 23.4. The van der Waals surface area contributed by atoms with E-state index in [4.69, 9.17) is 4.74 Å². The van der Waals surface area contributed by atoms with Crippen LogP contribution in [0.25, 0.3) is 0 Å². The Kier molecular flexibility index (Phi) is 7.33. The maximum absolute atomic E-state index is 13.1. The molecular weight excluding hydrogens is 440 g/mol. The summed E-state index contributed by atoms with van der Waals surface area (Å²) >= 11 is 0. The van der Waals surface area contributed by atoms with Gasteiger partial charge in [-0.05, 0) is 50.1 Å². The number of sulfonamides is 1. The predicted octanol–water partition coefficient (Wildman–Crippen LogP) is 2.53. The van der Waals surface area contributed by atoms with E-state index in [0.29, 0.717) is 37.6 Å². The molecule has 2 aromatic rings. The topological polar surface area (TPSA) is 91.0 Å². The van der Waals surface area contributed by atoms with Gasteiger partial charge in [0.05, 0.1) is 24.2 Å². The Morgan fingerprint density at radius 1 is 1.06 bits per heavy atom. The highest BCUT2D eigenvalue weighted by atomic mass is 32.2. The van der Waals surface area contributed by atoms with Gasteiger partial charge in [-0.15, -0.1) is 0 Å². The van der Waals surface area contributed by atoms with Crippen molar-refractivity contribution in [2.75, 3.05) is 50.0 Å². The molecule has 8 nitrogen and oxygen atoms in total. The van der Waals surface area contributed by atoms with E-state index >= 15 is 0 Å². The molecule has 0 bridgehead atoms. The van der Waals surface area contributed by atoms with Crippen LogP contribution in [0.4, 0.5) is 11.4 Å². The Hall–Kier alpha value is -2.46. The number of anilines is 2. The summed E-state index contributed by atoms with van der Waals surface area (Å²) in [4.78, 5) is 15.3. The van der Waals surface area contributed by atoms with E-state index in [0.717, 1.165) is 25.2 Å². The molecule has 178 valence electrons. The van der Waals surface area contributed by atoms with Crippen LogP contribution in [-0.4, -0.2) is 75.0 Å². The Balaban J connectivity index is 1.39. The first kappa shape index (κ1) is 23.7. The molecule has 0 aromatic heterocycles. The number of amides is 1. The van der Waals surface area contributed by atoms with Crippen molar-refractivity contribution < 1.29 is 17.9 Å². The third kappa shape index (κ3) is 5.55. The van der Waals surface area contributed by atoms with Crippen LogP contribution in [0.5, 0.6) is 0 Å². The van der Waals surface area contributed by atoms with Crippen molar-refractivity contribution in [3.63, 3.8) is 0 Å². The molecule has 2 aromatic carbocycles. The molecule has 33 heavy (non-hydrogen) atoms. The van der Waals surface area contributed by atoms with E-state index in [1.54, 1.807) is 25.1 Å². The Bertz CT molecular complexity index is 1070. The van der Waals surface area contributed by atoms with Crippen LogP contribution >= 0.6 is 0 Å². The highest BCUT2D eigenvalue weighted by Crippen LogP contribution is 2.25. The number of aryl methyl sites for hydroxylation is 1. The molecule has 2 heterocycles. The number of benzene rings is 2. The van der Waals surface area contributed by atoms with Gasteiger partial charge in [0, 0.05) is 43.6 Å². The van der Waals surface area contributed by atoms with Gasteiger partial charge in [-0.2, -0.15) is 4.31 Å². The second-order valence-electron chi connectivity index (χ2n) is 8.65. The summed E-state index contributed by atoms with van der Waals surface area (Å²) in [5, 5.41) is 6.44. The van der Waals surface area contributed by atoms with Crippen LogP contribution in [0.15, 0.2) is 53.4 Å². The minimum absolute atomic E-state index is 0.145. The van der Waals surface area contributed by atoms with E-state index in [1.807, 2.05) is 37.3 Å². The Labute approximate surface area is 196 Å². The van der Waals surface area contributed by atoms with Gasteiger partial charge in [0.25, 0.3) is 0 Å². The fourth-order valence-electron chi connectivity index (χ4n) is 4.32. The lowest BCUT2D eigenvalue weighted by atomic mass is 10.2. The van der Waals surface area contributed by atoms with Crippen LogP contribution in [0, 0.1) is 6.92 Å². The summed E-state index contributed by atoms with van der Waals surface area (Å²) in [7, 11) is -3.64. The zero-order valence-corrected chi connectivity index (χ0v) is 20.0. The molecule has 2 fully saturated rings. The first-order valence-electron chi connectivity index (χ1n) is 11.4. The quantitative estimate of drug-likeness (QED) is 0.644. The average Bonchev–Trinajstić information content (AvgIpc) is 3.29. The van der Waals surface area contributed by atoms with Gasteiger partial charge in [-0.1, -0.05) is 24.3 Å². The van der Waals surface area contributed by atoms with Gasteiger partial charge in [-0.25, -0.2) is 8.42 Å². The van der Waals surface area contributed by atoms with Gasteiger partial charge >= 0.3 is 0 Å². The first-order chi connectivity index (χ1) is 15.8. The maximum Gasteiger partial charge on any atom is 0.243 e. The van der Waals surface area contributed by atoms with Gasteiger partial charge < -0.3 is 15.4 Å². The van der Waals surface area contributed by atoms with Crippen molar-refractivity contribution in [1.82, 2.24) is 9.21 Å². The lowest BCUT2D eigenvalue weighted by molar-refractivity contribution is -0.120. The largest absolute Gasteiger partial charge is 0.381 e. The van der Waals surface area contributed by atoms with Crippen molar-refractivity contribution >= 4 is 27.3 Å². The molecule has 2 saturated heterocycles. The average molecular weight is 473 g/mol. The third-order valence-corrected chi connectivity index (χ3v) is 8.38. The normalized spacial score (nSPS) is 21.0. The number of ether oxygens (including phenoxy) is 1. The SMILES string of the molecule is Cc1ccc(NC(=O)[C@H](C)N2CC[C@H](Nc3ccccc3)C2)cc1S(=O)(=O)N1CCOCC1. The maximum atomic E-state index is 13.1. The Morgan fingerprint density at radius 2 is 1.79 bits per heavy atom. The smallest absolute Gasteiger partial charge is 0.243 e. The fraction of sp³-hybridized carbons (Fsp3) is 0.458. The number of rotatable bonds is 7. The molecule has 2 aliphatic heterocycles. The van der Waals surface area contributed by atoms with E-state index in [-0.39, 0.29) is 22.9 Å². The number of hydrogen-bond donors (Lipinski definition) is 2. The standard InChI is InChI=1S/C24H32N4O4S/c1-18-8-9-21(16-23(18)33(30,31)28-12-14-32-15-13-28)26-24(29)19(2)27-11-10-22(17-27)25-20-6-4-3-5-7-20/h3-9,16,19,22,25H,10-15,17H2,1-2H3,(H,26,29)/t19-,22-/m0/s1. The van der Waals surface area contributed by atoms with Crippen molar-refractivity contribution in [2.45, 2.75) is 37.2 Å². The van der Waals surface area contributed by atoms with Crippen LogP contribution in [-0.2, 0) is 19.6 Å². The molecule has 1 amide bonds. The summed E-state index contributed by atoms with van der Waals surface area (Å²) < 4.78 is 33.0. The van der Waals surface area contributed by atoms with Crippen LogP contribution < -0.4 is 10.6 Å². The van der Waals surface area contributed by atoms with Crippen molar-refractivity contribution in [2.24, 2.45) is 0 Å². The van der Waals surface area contributed by atoms with E-state index in [1.165, 1.54) is 4.31 Å². The predicted molar refractivity (Wildman–Crippen MR) is 129 cm³/mol. The molecule has 2 aliphatic rings. The number of carbonyl (C=O) groups is 1. The molecule has 2 N–H and O–H groups in total. The van der Waals surface area contributed by atoms with E-state index in [9.17, 15) is 13.2 Å². The highest BCUT2D eigenvalue weighted by Gasteiger charge is 2.31. The molecule has 0 spiro atoms. The fourth-order valence-corrected chi connectivity index (χ4v) is 5.98. The van der Waals surface area contributed by atoms with Gasteiger partial charge in [0.15, 0.2) is 0 Å². The van der Waals surface area contributed by atoms with E-state index in [2.05, 4.69) is 15.5 Å². The number of carbonyl (C=O) groups excluding carboxylic acids is 1. The van der Waals surface area contributed by atoms with Gasteiger partial charge in [-0.3, -0.25) is 9.69 Å². The Morgan fingerprint density at radius 3 is 2.52 bits per heavy atom. The number of morpholine rings is 1. The van der Waals surface area contributed by atoms with Crippen LogP contribution in [0.3, 0.4) is 0 Å².